The lowest BCUT2D eigenvalue weighted by Gasteiger charge is -2.02. The highest BCUT2D eigenvalue weighted by Crippen LogP contribution is 2.17. The van der Waals surface area contributed by atoms with Crippen molar-refractivity contribution in [1.29, 1.82) is 0 Å². The summed E-state index contributed by atoms with van der Waals surface area (Å²) in [6, 6.07) is 24.1. The minimum atomic E-state index is 0.0590. The molecule has 0 aliphatic rings. The third-order valence-electron chi connectivity index (χ3n) is 4.83. The average molecular weight is 370 g/mol. The molecule has 0 aliphatic heterocycles. The molecule has 2 heterocycles. The van der Waals surface area contributed by atoms with Gasteiger partial charge in [0, 0.05) is 48.5 Å². The predicted octanol–water partition coefficient (Wildman–Crippen LogP) is 2.89. The first-order valence-corrected chi connectivity index (χ1v) is 9.20. The van der Waals surface area contributed by atoms with Crippen molar-refractivity contribution in [3.8, 4) is 22.5 Å². The van der Waals surface area contributed by atoms with Gasteiger partial charge in [-0.3, -0.25) is 0 Å². The molecule has 0 unspecified atom stereocenters. The van der Waals surface area contributed by atoms with Crippen LogP contribution in [0.25, 0.3) is 22.5 Å². The Morgan fingerprint density at radius 1 is 0.464 bits per heavy atom. The topological polar surface area (TPSA) is 48.2 Å². The maximum atomic E-state index is 9.16. The van der Waals surface area contributed by atoms with Gasteiger partial charge in [0.25, 0.3) is 0 Å². The van der Waals surface area contributed by atoms with Crippen molar-refractivity contribution in [1.82, 2.24) is 0 Å². The normalized spacial score (nSPS) is 10.8. The molecular weight excluding hydrogens is 348 g/mol. The van der Waals surface area contributed by atoms with E-state index >= 15 is 0 Å². The third-order valence-corrected chi connectivity index (χ3v) is 4.83. The molecule has 0 atom stereocenters. The second-order valence-corrected chi connectivity index (χ2v) is 6.64. The summed E-state index contributed by atoms with van der Waals surface area (Å²) in [7, 11) is 0. The van der Waals surface area contributed by atoms with Crippen LogP contribution in [0.2, 0.25) is 0 Å². The summed E-state index contributed by atoms with van der Waals surface area (Å²) in [4.78, 5) is 0. The van der Waals surface area contributed by atoms with E-state index in [-0.39, 0.29) is 13.2 Å². The van der Waals surface area contributed by atoms with Gasteiger partial charge < -0.3 is 10.2 Å². The van der Waals surface area contributed by atoms with Gasteiger partial charge in [0.05, 0.1) is 13.2 Å². The van der Waals surface area contributed by atoms with Gasteiger partial charge in [-0.15, -0.1) is 0 Å². The van der Waals surface area contributed by atoms with E-state index < -0.39 is 0 Å². The second-order valence-electron chi connectivity index (χ2n) is 6.64. The van der Waals surface area contributed by atoms with Crippen LogP contribution in [0.4, 0.5) is 0 Å². The van der Waals surface area contributed by atoms with E-state index in [0.29, 0.717) is 0 Å². The molecule has 4 rings (SSSR count). The Hall–Kier alpha value is -3.34. The standard InChI is InChI=1S/C24H22N2O2/c27-17-19-1-5-23(6-2-19)25-13-9-21(10-14-25)22-11-15-26(16-12-22)24-7-3-20(18-28)4-8-24/h1-16,27-28H,17-18H2/q+2. The SMILES string of the molecule is OCc1ccc(-[n+]2ccc(-c3cc[n+](-c4ccc(CO)cc4)cc3)cc2)cc1. The summed E-state index contributed by atoms with van der Waals surface area (Å²) < 4.78 is 4.10. The summed E-state index contributed by atoms with van der Waals surface area (Å²) in [6.07, 6.45) is 8.16. The number of benzene rings is 2. The van der Waals surface area contributed by atoms with Crippen molar-refractivity contribution in [3.63, 3.8) is 0 Å². The van der Waals surface area contributed by atoms with Gasteiger partial charge in [-0.25, -0.2) is 0 Å². The fourth-order valence-corrected chi connectivity index (χ4v) is 3.13. The zero-order chi connectivity index (χ0) is 19.3. The number of pyridine rings is 2. The summed E-state index contributed by atoms with van der Waals surface area (Å²) in [5.41, 5.74) is 6.22. The lowest BCUT2D eigenvalue weighted by atomic mass is 10.1. The number of hydrogen-bond acceptors (Lipinski definition) is 2. The number of aromatic nitrogens is 2. The van der Waals surface area contributed by atoms with E-state index in [2.05, 4.69) is 33.4 Å². The van der Waals surface area contributed by atoms with Gasteiger partial charge >= 0.3 is 0 Å². The Bertz CT molecular complexity index is 951. The Balaban J connectivity index is 1.53. The number of rotatable bonds is 5. The molecule has 0 bridgehead atoms. The molecule has 138 valence electrons. The largest absolute Gasteiger partial charge is 0.392 e. The highest BCUT2D eigenvalue weighted by Gasteiger charge is 2.09. The van der Waals surface area contributed by atoms with Crippen LogP contribution in [-0.4, -0.2) is 10.2 Å². The first kappa shape index (κ1) is 18.0. The van der Waals surface area contributed by atoms with Crippen LogP contribution in [0, 0.1) is 0 Å². The first-order chi connectivity index (χ1) is 13.8. The number of aliphatic hydroxyl groups is 2. The average Bonchev–Trinajstić information content (AvgIpc) is 2.79. The molecule has 2 aromatic heterocycles. The minimum Gasteiger partial charge on any atom is -0.392 e. The van der Waals surface area contributed by atoms with E-state index in [1.165, 1.54) is 0 Å². The second kappa shape index (κ2) is 8.13. The maximum Gasteiger partial charge on any atom is 0.210 e. The molecule has 28 heavy (non-hydrogen) atoms. The van der Waals surface area contributed by atoms with Crippen LogP contribution in [-0.2, 0) is 13.2 Å². The molecule has 0 amide bonds. The molecule has 0 spiro atoms. The van der Waals surface area contributed by atoms with Gasteiger partial charge in [0.2, 0.25) is 11.4 Å². The zero-order valence-electron chi connectivity index (χ0n) is 15.4. The predicted molar refractivity (Wildman–Crippen MR) is 107 cm³/mol. The molecular formula is C24H22N2O2+2. The molecule has 4 heteroatoms. The van der Waals surface area contributed by atoms with Crippen molar-refractivity contribution in [2.75, 3.05) is 0 Å². The molecule has 0 fully saturated rings. The molecule has 2 aromatic carbocycles. The maximum absolute atomic E-state index is 9.16. The van der Waals surface area contributed by atoms with Gasteiger partial charge in [-0.1, -0.05) is 24.3 Å². The van der Waals surface area contributed by atoms with Crippen molar-refractivity contribution in [3.05, 3.63) is 109 Å². The summed E-state index contributed by atoms with van der Waals surface area (Å²) >= 11 is 0. The van der Waals surface area contributed by atoms with Crippen LogP contribution in [0.3, 0.4) is 0 Å². The van der Waals surface area contributed by atoms with E-state index in [9.17, 15) is 0 Å². The van der Waals surface area contributed by atoms with Crippen molar-refractivity contribution < 1.29 is 19.3 Å². The smallest absolute Gasteiger partial charge is 0.210 e. The van der Waals surface area contributed by atoms with Crippen LogP contribution in [0.1, 0.15) is 11.1 Å². The van der Waals surface area contributed by atoms with Gasteiger partial charge in [-0.2, -0.15) is 9.13 Å². The molecule has 0 saturated heterocycles. The molecule has 0 radical (unpaired) electrons. The first-order valence-electron chi connectivity index (χ1n) is 9.20. The number of hydrogen-bond donors (Lipinski definition) is 2. The highest BCUT2D eigenvalue weighted by atomic mass is 16.3. The quantitative estimate of drug-likeness (QED) is 0.531. The fraction of sp³-hybridized carbons (Fsp3) is 0.0833. The van der Waals surface area contributed by atoms with E-state index in [4.69, 9.17) is 10.2 Å². The van der Waals surface area contributed by atoms with E-state index in [1.807, 2.05) is 73.3 Å². The fourth-order valence-electron chi connectivity index (χ4n) is 3.13. The summed E-state index contributed by atoms with van der Waals surface area (Å²) in [5.74, 6) is 0. The van der Waals surface area contributed by atoms with Crippen molar-refractivity contribution in [2.24, 2.45) is 0 Å². The van der Waals surface area contributed by atoms with Crippen LogP contribution in [0.5, 0.6) is 0 Å². The Morgan fingerprint density at radius 3 is 1.07 bits per heavy atom. The molecule has 4 nitrogen and oxygen atoms in total. The summed E-state index contributed by atoms with van der Waals surface area (Å²) in [5, 5.41) is 18.3. The third kappa shape index (κ3) is 3.83. The lowest BCUT2D eigenvalue weighted by molar-refractivity contribution is -0.596. The van der Waals surface area contributed by atoms with E-state index in [0.717, 1.165) is 33.6 Å². The number of aliphatic hydroxyl groups excluding tert-OH is 2. The van der Waals surface area contributed by atoms with Gasteiger partial charge in [0.15, 0.2) is 24.8 Å². The monoisotopic (exact) mass is 370 g/mol. The molecule has 0 aliphatic carbocycles. The zero-order valence-corrected chi connectivity index (χ0v) is 15.4. The van der Waals surface area contributed by atoms with Crippen molar-refractivity contribution in [2.45, 2.75) is 13.2 Å². The van der Waals surface area contributed by atoms with Gasteiger partial charge in [0.1, 0.15) is 0 Å². The Kier molecular flexibility index (Phi) is 5.24. The Labute approximate surface area is 164 Å². The van der Waals surface area contributed by atoms with Crippen LogP contribution < -0.4 is 9.13 Å². The molecule has 0 saturated carbocycles. The highest BCUT2D eigenvalue weighted by molar-refractivity contribution is 5.61. The summed E-state index contributed by atoms with van der Waals surface area (Å²) in [6.45, 7) is 0.118. The van der Waals surface area contributed by atoms with Crippen LogP contribution >= 0.6 is 0 Å². The minimum absolute atomic E-state index is 0.0590. The lowest BCUT2D eigenvalue weighted by Crippen LogP contribution is -2.29. The van der Waals surface area contributed by atoms with Crippen molar-refractivity contribution >= 4 is 0 Å². The van der Waals surface area contributed by atoms with E-state index in [1.54, 1.807) is 0 Å². The van der Waals surface area contributed by atoms with Gasteiger partial charge in [-0.05, 0) is 22.3 Å². The Morgan fingerprint density at radius 2 is 0.786 bits per heavy atom. The number of nitrogens with zero attached hydrogens (tertiary/aromatic N) is 2. The molecule has 4 aromatic rings. The van der Waals surface area contributed by atoms with Crippen LogP contribution in [0.15, 0.2) is 97.6 Å². The molecule has 2 N–H and O–H groups in total.